The molecule has 1 aliphatic heterocycles. The van der Waals surface area contributed by atoms with E-state index >= 15 is 0 Å². The fourth-order valence-electron chi connectivity index (χ4n) is 2.89. The highest BCUT2D eigenvalue weighted by atomic mass is 35.5. The molecule has 1 fully saturated rings. The lowest BCUT2D eigenvalue weighted by Crippen LogP contribution is -2.28. The summed E-state index contributed by atoms with van der Waals surface area (Å²) in [7, 11) is 1.69. The summed E-state index contributed by atoms with van der Waals surface area (Å²) in [6, 6.07) is 5.67. The normalized spacial score (nSPS) is 29.4. The van der Waals surface area contributed by atoms with Gasteiger partial charge in [-0.3, -0.25) is 4.79 Å². The van der Waals surface area contributed by atoms with Crippen LogP contribution in [0.15, 0.2) is 18.2 Å². The average molecular weight is 252 g/mol. The van der Waals surface area contributed by atoms with Gasteiger partial charge in [0.1, 0.15) is 5.75 Å². The van der Waals surface area contributed by atoms with Crippen LogP contribution in [0.25, 0.3) is 0 Å². The van der Waals surface area contributed by atoms with E-state index in [4.69, 9.17) is 16.3 Å². The Balaban J connectivity index is 2.01. The summed E-state index contributed by atoms with van der Waals surface area (Å²) in [5, 5.41) is 3.44. The van der Waals surface area contributed by atoms with E-state index in [0.717, 1.165) is 24.2 Å². The number of halogens is 1. The van der Waals surface area contributed by atoms with Crippen LogP contribution in [-0.4, -0.2) is 19.6 Å². The number of nitrogens with one attached hydrogen (secondary N) is 1. The van der Waals surface area contributed by atoms with Crippen molar-refractivity contribution in [3.63, 3.8) is 0 Å². The van der Waals surface area contributed by atoms with Crippen molar-refractivity contribution >= 4 is 17.5 Å². The fourth-order valence-corrected chi connectivity index (χ4v) is 3.06. The lowest BCUT2D eigenvalue weighted by atomic mass is 9.87. The van der Waals surface area contributed by atoms with Crippen LogP contribution in [0.4, 0.5) is 0 Å². The van der Waals surface area contributed by atoms with Crippen LogP contribution in [0, 0.1) is 5.92 Å². The highest BCUT2D eigenvalue weighted by molar-refractivity contribution is 6.30. The van der Waals surface area contributed by atoms with Crippen LogP contribution in [-0.2, 0) is 10.2 Å². The van der Waals surface area contributed by atoms with Gasteiger partial charge in [0.2, 0.25) is 5.91 Å². The van der Waals surface area contributed by atoms with Gasteiger partial charge in [0.05, 0.1) is 6.61 Å². The zero-order chi connectivity index (χ0) is 12.0. The van der Waals surface area contributed by atoms with Crippen LogP contribution in [0.1, 0.15) is 18.4 Å². The van der Waals surface area contributed by atoms with E-state index in [-0.39, 0.29) is 17.2 Å². The number of carbonyl (C=O) groups is 1. The van der Waals surface area contributed by atoms with Gasteiger partial charge in [-0.05, 0) is 31.0 Å². The van der Waals surface area contributed by atoms with E-state index in [2.05, 4.69) is 5.32 Å². The maximum absolute atomic E-state index is 11.8. The Labute approximate surface area is 105 Å². The maximum Gasteiger partial charge on any atom is 0.223 e. The molecule has 17 heavy (non-hydrogen) atoms. The second-order valence-corrected chi connectivity index (χ2v) is 5.20. The van der Waals surface area contributed by atoms with E-state index in [1.54, 1.807) is 7.05 Å². The van der Waals surface area contributed by atoms with Crippen LogP contribution in [0.3, 0.4) is 0 Å². The SMILES string of the molecule is CNC(=O)[C@@H]1C[C@]12CCOc1ccc(Cl)cc12. The lowest BCUT2D eigenvalue weighted by Gasteiger charge is -2.26. The van der Waals surface area contributed by atoms with E-state index < -0.39 is 0 Å². The van der Waals surface area contributed by atoms with E-state index in [9.17, 15) is 4.79 Å². The summed E-state index contributed by atoms with van der Waals surface area (Å²) in [5.41, 5.74) is 1.07. The van der Waals surface area contributed by atoms with Crippen molar-refractivity contribution in [2.75, 3.05) is 13.7 Å². The van der Waals surface area contributed by atoms with Gasteiger partial charge in [-0.15, -0.1) is 0 Å². The predicted octanol–water partition coefficient (Wildman–Crippen LogP) is 2.13. The molecule has 1 spiro atoms. The van der Waals surface area contributed by atoms with Crippen molar-refractivity contribution in [1.82, 2.24) is 5.32 Å². The van der Waals surface area contributed by atoms with Crippen molar-refractivity contribution < 1.29 is 9.53 Å². The number of carbonyl (C=O) groups excluding carboxylic acids is 1. The molecule has 1 aromatic rings. The number of hydrogen-bond acceptors (Lipinski definition) is 2. The van der Waals surface area contributed by atoms with Gasteiger partial charge in [0.15, 0.2) is 0 Å². The molecule has 0 saturated heterocycles. The number of hydrogen-bond donors (Lipinski definition) is 1. The molecular weight excluding hydrogens is 238 g/mol. The maximum atomic E-state index is 11.8. The van der Waals surface area contributed by atoms with Crippen molar-refractivity contribution in [3.8, 4) is 5.75 Å². The minimum Gasteiger partial charge on any atom is -0.493 e. The summed E-state index contributed by atoms with van der Waals surface area (Å²) in [6.07, 6.45) is 1.81. The highest BCUT2D eigenvalue weighted by Gasteiger charge is 2.60. The quantitative estimate of drug-likeness (QED) is 0.830. The van der Waals surface area contributed by atoms with Gasteiger partial charge >= 0.3 is 0 Å². The molecule has 2 atom stereocenters. The van der Waals surface area contributed by atoms with Gasteiger partial charge in [-0.1, -0.05) is 11.6 Å². The fraction of sp³-hybridized carbons (Fsp3) is 0.462. The highest BCUT2D eigenvalue weighted by Crippen LogP contribution is 2.60. The second kappa shape index (κ2) is 3.64. The molecule has 3 rings (SSSR count). The summed E-state index contributed by atoms with van der Waals surface area (Å²) in [5.74, 6) is 1.08. The summed E-state index contributed by atoms with van der Waals surface area (Å²) >= 11 is 6.04. The minimum absolute atomic E-state index is 0.0292. The topological polar surface area (TPSA) is 38.3 Å². The first-order chi connectivity index (χ1) is 8.17. The van der Waals surface area contributed by atoms with E-state index in [0.29, 0.717) is 11.6 Å². The van der Waals surface area contributed by atoms with E-state index in [1.807, 2.05) is 18.2 Å². The molecule has 2 aliphatic rings. The lowest BCUT2D eigenvalue weighted by molar-refractivity contribution is -0.122. The third-order valence-electron chi connectivity index (χ3n) is 3.92. The monoisotopic (exact) mass is 251 g/mol. The Morgan fingerprint density at radius 2 is 2.41 bits per heavy atom. The molecule has 0 aromatic heterocycles. The number of amides is 1. The summed E-state index contributed by atoms with van der Waals surface area (Å²) < 4.78 is 5.63. The van der Waals surface area contributed by atoms with Crippen molar-refractivity contribution in [3.05, 3.63) is 28.8 Å². The summed E-state index contributed by atoms with van der Waals surface area (Å²) in [4.78, 5) is 11.8. The van der Waals surface area contributed by atoms with Gasteiger partial charge < -0.3 is 10.1 Å². The van der Waals surface area contributed by atoms with Crippen LogP contribution in [0.2, 0.25) is 5.02 Å². The molecule has 0 unspecified atom stereocenters. The molecule has 0 radical (unpaired) electrons. The molecule has 3 nitrogen and oxygen atoms in total. The number of rotatable bonds is 1. The smallest absolute Gasteiger partial charge is 0.223 e. The Bertz CT molecular complexity index is 488. The van der Waals surface area contributed by atoms with Crippen LogP contribution < -0.4 is 10.1 Å². The van der Waals surface area contributed by atoms with Crippen LogP contribution in [0.5, 0.6) is 5.75 Å². The Hall–Kier alpha value is -1.22. The first-order valence-corrected chi connectivity index (χ1v) is 6.19. The number of ether oxygens (including phenoxy) is 1. The second-order valence-electron chi connectivity index (χ2n) is 4.77. The molecular formula is C13H14ClNO2. The molecule has 1 saturated carbocycles. The molecule has 1 heterocycles. The third kappa shape index (κ3) is 1.53. The largest absolute Gasteiger partial charge is 0.493 e. The average Bonchev–Trinajstić information content (AvgIpc) is 3.05. The van der Waals surface area contributed by atoms with E-state index in [1.165, 1.54) is 0 Å². The van der Waals surface area contributed by atoms with Crippen molar-refractivity contribution in [1.29, 1.82) is 0 Å². The van der Waals surface area contributed by atoms with Gasteiger partial charge in [0.25, 0.3) is 0 Å². The molecule has 1 amide bonds. The first-order valence-electron chi connectivity index (χ1n) is 5.82. The van der Waals surface area contributed by atoms with Crippen LogP contribution >= 0.6 is 11.6 Å². The zero-order valence-electron chi connectivity index (χ0n) is 9.63. The van der Waals surface area contributed by atoms with Crippen molar-refractivity contribution in [2.45, 2.75) is 18.3 Å². The molecule has 1 aliphatic carbocycles. The van der Waals surface area contributed by atoms with Gasteiger partial charge in [0, 0.05) is 29.0 Å². The molecule has 0 bridgehead atoms. The minimum atomic E-state index is -0.0292. The van der Waals surface area contributed by atoms with Gasteiger partial charge in [-0.2, -0.15) is 0 Å². The number of benzene rings is 1. The molecule has 1 aromatic carbocycles. The Morgan fingerprint density at radius 1 is 1.59 bits per heavy atom. The predicted molar refractivity (Wildman–Crippen MR) is 65.4 cm³/mol. The molecule has 90 valence electrons. The number of fused-ring (bicyclic) bond motifs is 2. The standard InChI is InChI=1S/C13H14ClNO2/c1-15-12(16)10-7-13(10)4-5-17-11-3-2-8(14)6-9(11)13/h2-3,6,10H,4-5,7H2,1H3,(H,15,16)/t10-,13-/m0/s1. The Morgan fingerprint density at radius 3 is 3.18 bits per heavy atom. The molecule has 4 heteroatoms. The molecule has 1 N–H and O–H groups in total. The Kier molecular flexibility index (Phi) is 2.33. The summed E-state index contributed by atoms with van der Waals surface area (Å²) in [6.45, 7) is 0.683. The third-order valence-corrected chi connectivity index (χ3v) is 4.16. The van der Waals surface area contributed by atoms with Crippen molar-refractivity contribution in [2.24, 2.45) is 5.92 Å². The van der Waals surface area contributed by atoms with Gasteiger partial charge in [-0.25, -0.2) is 0 Å². The first kappa shape index (κ1) is 10.9. The zero-order valence-corrected chi connectivity index (χ0v) is 10.4.